The average molecular weight is 247 g/mol. The summed E-state index contributed by atoms with van der Waals surface area (Å²) in [5.41, 5.74) is 2.60. The molecule has 2 rings (SSSR count). The van der Waals surface area contributed by atoms with Crippen molar-refractivity contribution in [3.63, 3.8) is 0 Å². The first-order valence-corrected chi connectivity index (χ1v) is 6.13. The lowest BCUT2D eigenvalue weighted by Gasteiger charge is -2.17. The zero-order valence-electron chi connectivity index (χ0n) is 10.3. The van der Waals surface area contributed by atoms with Crippen LogP contribution in [0.4, 0.5) is 0 Å². The number of carbonyl (C=O) groups excluding carboxylic acids is 1. The molecule has 18 heavy (non-hydrogen) atoms. The first-order chi connectivity index (χ1) is 8.56. The van der Waals surface area contributed by atoms with Gasteiger partial charge in [0.25, 0.3) is 0 Å². The Kier molecular flexibility index (Phi) is 3.65. The number of carboxylic acids is 1. The van der Waals surface area contributed by atoms with E-state index in [1.165, 1.54) is 18.1 Å². The second-order valence-electron chi connectivity index (χ2n) is 4.87. The van der Waals surface area contributed by atoms with Gasteiger partial charge >= 0.3 is 5.97 Å². The van der Waals surface area contributed by atoms with Gasteiger partial charge in [0.15, 0.2) is 0 Å². The van der Waals surface area contributed by atoms with Gasteiger partial charge in [0.1, 0.15) is 6.04 Å². The Morgan fingerprint density at radius 3 is 2.33 bits per heavy atom. The van der Waals surface area contributed by atoms with Crippen LogP contribution < -0.4 is 5.32 Å². The third-order valence-electron chi connectivity index (χ3n) is 3.38. The number of aliphatic carboxylic acids is 1. The molecule has 0 aliphatic heterocycles. The van der Waals surface area contributed by atoms with E-state index in [4.69, 9.17) is 5.11 Å². The summed E-state index contributed by atoms with van der Waals surface area (Å²) in [7, 11) is 0. The molecule has 0 saturated heterocycles. The Hall–Kier alpha value is -1.84. The highest BCUT2D eigenvalue weighted by atomic mass is 16.4. The van der Waals surface area contributed by atoms with Crippen LogP contribution in [0.5, 0.6) is 0 Å². The minimum atomic E-state index is -0.957. The zero-order chi connectivity index (χ0) is 13.1. The smallest absolute Gasteiger partial charge is 0.326 e. The Morgan fingerprint density at radius 1 is 1.33 bits per heavy atom. The summed E-state index contributed by atoms with van der Waals surface area (Å²) in [6.45, 7) is 1.35. The fraction of sp³-hybridized carbons (Fsp3) is 0.429. The summed E-state index contributed by atoms with van der Waals surface area (Å²) in [5, 5.41) is 11.6. The van der Waals surface area contributed by atoms with E-state index in [1.807, 2.05) is 12.1 Å². The lowest BCUT2D eigenvalue weighted by atomic mass is 9.97. The van der Waals surface area contributed by atoms with Crippen LogP contribution in [0.25, 0.3) is 0 Å². The number of hydrogen-bond donors (Lipinski definition) is 2. The highest BCUT2D eigenvalue weighted by Gasteiger charge is 2.27. The molecule has 1 aliphatic carbocycles. The molecule has 1 aromatic carbocycles. The second kappa shape index (κ2) is 5.21. The SMILES string of the molecule is CC(=O)NC(CC1Cc2ccccc2C1)C(=O)O. The molecule has 0 fully saturated rings. The van der Waals surface area contributed by atoms with Gasteiger partial charge in [0.2, 0.25) is 5.91 Å². The molecule has 0 spiro atoms. The third-order valence-corrected chi connectivity index (χ3v) is 3.38. The molecule has 4 nitrogen and oxygen atoms in total. The van der Waals surface area contributed by atoms with Crippen molar-refractivity contribution in [3.05, 3.63) is 35.4 Å². The first kappa shape index (κ1) is 12.6. The fourth-order valence-electron chi connectivity index (χ4n) is 2.62. The molecule has 0 aromatic heterocycles. The average Bonchev–Trinajstić information content (AvgIpc) is 2.69. The van der Waals surface area contributed by atoms with E-state index < -0.39 is 12.0 Å². The zero-order valence-corrected chi connectivity index (χ0v) is 10.3. The normalized spacial score (nSPS) is 16.1. The number of hydrogen-bond acceptors (Lipinski definition) is 2. The van der Waals surface area contributed by atoms with Crippen molar-refractivity contribution in [1.82, 2.24) is 5.32 Å². The van der Waals surface area contributed by atoms with Crippen LogP contribution in [0.3, 0.4) is 0 Å². The third kappa shape index (κ3) is 2.88. The summed E-state index contributed by atoms with van der Waals surface area (Å²) < 4.78 is 0. The molecule has 1 amide bonds. The monoisotopic (exact) mass is 247 g/mol. The standard InChI is InChI=1S/C14H17NO3/c1-9(16)15-13(14(17)18)8-10-6-11-4-2-3-5-12(11)7-10/h2-5,10,13H,6-8H2,1H3,(H,15,16)(H,17,18). The number of amides is 1. The van der Waals surface area contributed by atoms with E-state index in [0.29, 0.717) is 12.3 Å². The number of carbonyl (C=O) groups is 2. The molecule has 0 radical (unpaired) electrons. The van der Waals surface area contributed by atoms with Crippen LogP contribution in [0.15, 0.2) is 24.3 Å². The van der Waals surface area contributed by atoms with Gasteiger partial charge in [-0.1, -0.05) is 24.3 Å². The minimum absolute atomic E-state index is 0.294. The van der Waals surface area contributed by atoms with Crippen LogP contribution in [0.2, 0.25) is 0 Å². The van der Waals surface area contributed by atoms with Crippen molar-refractivity contribution in [2.24, 2.45) is 5.92 Å². The molecule has 96 valence electrons. The summed E-state index contributed by atoms with van der Waals surface area (Å²) in [5.74, 6) is -0.950. The summed E-state index contributed by atoms with van der Waals surface area (Å²) in [6, 6.07) is 7.40. The fourth-order valence-corrected chi connectivity index (χ4v) is 2.62. The Bertz CT molecular complexity index is 445. The number of fused-ring (bicyclic) bond motifs is 1. The van der Waals surface area contributed by atoms with E-state index in [0.717, 1.165) is 12.8 Å². The van der Waals surface area contributed by atoms with Gasteiger partial charge in [-0.2, -0.15) is 0 Å². The van der Waals surface area contributed by atoms with E-state index in [1.54, 1.807) is 0 Å². The van der Waals surface area contributed by atoms with Gasteiger partial charge in [-0.05, 0) is 36.3 Å². The first-order valence-electron chi connectivity index (χ1n) is 6.13. The molecule has 1 unspecified atom stereocenters. The number of nitrogens with one attached hydrogen (secondary N) is 1. The molecule has 1 aromatic rings. The number of rotatable bonds is 4. The minimum Gasteiger partial charge on any atom is -0.480 e. The van der Waals surface area contributed by atoms with Gasteiger partial charge in [-0.3, -0.25) is 4.79 Å². The van der Waals surface area contributed by atoms with Crippen LogP contribution in [-0.4, -0.2) is 23.0 Å². The van der Waals surface area contributed by atoms with Crippen LogP contribution in [0, 0.1) is 5.92 Å². The number of benzene rings is 1. The predicted octanol–water partition coefficient (Wildman–Crippen LogP) is 1.38. The summed E-state index contributed by atoms with van der Waals surface area (Å²) in [6.07, 6.45) is 2.29. The molecule has 1 atom stereocenters. The lowest BCUT2D eigenvalue weighted by molar-refractivity contribution is -0.142. The van der Waals surface area contributed by atoms with Gasteiger partial charge in [0.05, 0.1) is 0 Å². The molecule has 0 heterocycles. The second-order valence-corrected chi connectivity index (χ2v) is 4.87. The van der Waals surface area contributed by atoms with Crippen molar-refractivity contribution in [2.45, 2.75) is 32.2 Å². The maximum atomic E-state index is 11.1. The molecular formula is C14H17NO3. The van der Waals surface area contributed by atoms with Gasteiger partial charge in [-0.15, -0.1) is 0 Å². The van der Waals surface area contributed by atoms with Gasteiger partial charge in [0, 0.05) is 6.92 Å². The van der Waals surface area contributed by atoms with Crippen molar-refractivity contribution < 1.29 is 14.7 Å². The molecular weight excluding hydrogens is 230 g/mol. The maximum absolute atomic E-state index is 11.1. The van der Waals surface area contributed by atoms with E-state index in [2.05, 4.69) is 17.4 Å². The van der Waals surface area contributed by atoms with Crippen molar-refractivity contribution >= 4 is 11.9 Å². The van der Waals surface area contributed by atoms with E-state index >= 15 is 0 Å². The summed E-state index contributed by atoms with van der Waals surface area (Å²) >= 11 is 0. The highest BCUT2D eigenvalue weighted by molar-refractivity contribution is 5.82. The van der Waals surface area contributed by atoms with Crippen LogP contribution in [-0.2, 0) is 22.4 Å². The van der Waals surface area contributed by atoms with E-state index in [-0.39, 0.29) is 5.91 Å². The molecule has 4 heteroatoms. The number of carboxylic acid groups (broad SMARTS) is 1. The van der Waals surface area contributed by atoms with Crippen LogP contribution >= 0.6 is 0 Å². The van der Waals surface area contributed by atoms with Crippen LogP contribution in [0.1, 0.15) is 24.5 Å². The molecule has 1 aliphatic rings. The van der Waals surface area contributed by atoms with Crippen molar-refractivity contribution in [1.29, 1.82) is 0 Å². The van der Waals surface area contributed by atoms with Gasteiger partial charge < -0.3 is 10.4 Å². The molecule has 0 saturated carbocycles. The van der Waals surface area contributed by atoms with Crippen molar-refractivity contribution in [3.8, 4) is 0 Å². The lowest BCUT2D eigenvalue weighted by Crippen LogP contribution is -2.41. The van der Waals surface area contributed by atoms with E-state index in [9.17, 15) is 9.59 Å². The topological polar surface area (TPSA) is 66.4 Å². The van der Waals surface area contributed by atoms with Crippen molar-refractivity contribution in [2.75, 3.05) is 0 Å². The molecule has 0 bridgehead atoms. The Balaban J connectivity index is 1.99. The summed E-state index contributed by atoms with van der Waals surface area (Å²) in [4.78, 5) is 22.1. The predicted molar refractivity (Wildman–Crippen MR) is 67.2 cm³/mol. The quantitative estimate of drug-likeness (QED) is 0.844. The Labute approximate surface area is 106 Å². The largest absolute Gasteiger partial charge is 0.480 e. The Morgan fingerprint density at radius 2 is 1.89 bits per heavy atom. The maximum Gasteiger partial charge on any atom is 0.326 e. The molecule has 2 N–H and O–H groups in total. The highest BCUT2D eigenvalue weighted by Crippen LogP contribution is 2.29. The van der Waals surface area contributed by atoms with Gasteiger partial charge in [-0.25, -0.2) is 4.79 Å².